The average Bonchev–Trinajstić information content (AvgIpc) is 2.99. The molecule has 3 unspecified atom stereocenters. The predicted octanol–water partition coefficient (Wildman–Crippen LogP) is 3.15. The summed E-state index contributed by atoms with van der Waals surface area (Å²) in [4.78, 5) is 15.7. The van der Waals surface area contributed by atoms with Crippen LogP contribution >= 0.6 is 11.3 Å². The quantitative estimate of drug-likeness (QED) is 0.843. The summed E-state index contributed by atoms with van der Waals surface area (Å²) >= 11 is 1.74. The van der Waals surface area contributed by atoms with Crippen molar-refractivity contribution in [1.29, 1.82) is 0 Å². The molecule has 2 aliphatic rings. The van der Waals surface area contributed by atoms with Crippen LogP contribution in [0.3, 0.4) is 0 Å². The maximum atomic E-state index is 12.3. The van der Waals surface area contributed by atoms with Gasteiger partial charge < -0.3 is 4.90 Å². The lowest BCUT2D eigenvalue weighted by molar-refractivity contribution is -0.131. The maximum Gasteiger partial charge on any atom is 0.238 e. The number of amides is 1. The Kier molecular flexibility index (Phi) is 3.89. The van der Waals surface area contributed by atoms with E-state index in [0.29, 0.717) is 18.5 Å². The normalized spacial score (nSPS) is 32.6. The highest BCUT2D eigenvalue weighted by molar-refractivity contribution is 7.10. The van der Waals surface area contributed by atoms with Crippen molar-refractivity contribution >= 4 is 17.2 Å². The molecule has 1 saturated heterocycles. The molecule has 0 spiro atoms. The average molecular weight is 278 g/mol. The lowest BCUT2D eigenvalue weighted by Crippen LogP contribution is -2.42. The van der Waals surface area contributed by atoms with Gasteiger partial charge in [-0.1, -0.05) is 32.3 Å². The molecule has 1 aromatic rings. The Labute approximate surface area is 119 Å². The van der Waals surface area contributed by atoms with Crippen LogP contribution in [-0.2, 0) is 4.79 Å². The SMILES string of the molecule is CC1CCCCCC1N1C(=O)CNC1c1cccs1. The van der Waals surface area contributed by atoms with E-state index >= 15 is 0 Å². The molecule has 3 nitrogen and oxygen atoms in total. The van der Waals surface area contributed by atoms with Crippen LogP contribution in [0.5, 0.6) is 0 Å². The fraction of sp³-hybridized carbons (Fsp3) is 0.667. The number of hydrogen-bond acceptors (Lipinski definition) is 3. The Balaban J connectivity index is 1.84. The number of carbonyl (C=O) groups is 1. The number of nitrogens with zero attached hydrogens (tertiary/aromatic N) is 1. The van der Waals surface area contributed by atoms with E-state index in [1.54, 1.807) is 11.3 Å². The number of nitrogens with one attached hydrogen (secondary N) is 1. The van der Waals surface area contributed by atoms with Gasteiger partial charge in [-0.15, -0.1) is 11.3 Å². The van der Waals surface area contributed by atoms with Gasteiger partial charge in [0.1, 0.15) is 6.17 Å². The van der Waals surface area contributed by atoms with E-state index in [9.17, 15) is 4.79 Å². The summed E-state index contributed by atoms with van der Waals surface area (Å²) in [5.74, 6) is 0.894. The third-order valence-electron chi connectivity index (χ3n) is 4.50. The molecule has 4 heteroatoms. The molecule has 19 heavy (non-hydrogen) atoms. The third-order valence-corrected chi connectivity index (χ3v) is 5.42. The molecule has 1 N–H and O–H groups in total. The van der Waals surface area contributed by atoms with Gasteiger partial charge in [0.2, 0.25) is 5.91 Å². The monoisotopic (exact) mass is 278 g/mol. The van der Waals surface area contributed by atoms with Gasteiger partial charge in [-0.05, 0) is 30.2 Å². The molecule has 1 amide bonds. The van der Waals surface area contributed by atoms with Gasteiger partial charge in [0.05, 0.1) is 6.54 Å². The highest BCUT2D eigenvalue weighted by Crippen LogP contribution is 2.35. The van der Waals surface area contributed by atoms with Crippen LogP contribution < -0.4 is 5.32 Å². The van der Waals surface area contributed by atoms with Crippen molar-refractivity contribution in [3.05, 3.63) is 22.4 Å². The van der Waals surface area contributed by atoms with Crippen molar-refractivity contribution < 1.29 is 4.79 Å². The molecule has 0 radical (unpaired) electrons. The van der Waals surface area contributed by atoms with E-state index in [-0.39, 0.29) is 12.1 Å². The van der Waals surface area contributed by atoms with Gasteiger partial charge in [-0.25, -0.2) is 0 Å². The minimum atomic E-state index is 0.109. The fourth-order valence-electron chi connectivity index (χ4n) is 3.47. The predicted molar refractivity (Wildman–Crippen MR) is 77.9 cm³/mol. The molecule has 2 heterocycles. The van der Waals surface area contributed by atoms with Crippen molar-refractivity contribution in [2.24, 2.45) is 5.92 Å². The van der Waals surface area contributed by atoms with Gasteiger partial charge in [-0.3, -0.25) is 10.1 Å². The fourth-order valence-corrected chi connectivity index (χ4v) is 4.26. The van der Waals surface area contributed by atoms with E-state index in [0.717, 1.165) is 6.42 Å². The second-order valence-corrected chi connectivity index (χ2v) is 6.76. The largest absolute Gasteiger partial charge is 0.318 e. The Hall–Kier alpha value is -0.870. The molecule has 0 bridgehead atoms. The van der Waals surface area contributed by atoms with E-state index in [1.165, 1.54) is 30.6 Å². The van der Waals surface area contributed by atoms with Crippen molar-refractivity contribution in [3.63, 3.8) is 0 Å². The zero-order valence-corrected chi connectivity index (χ0v) is 12.3. The Morgan fingerprint density at radius 3 is 2.95 bits per heavy atom. The molecule has 2 fully saturated rings. The number of rotatable bonds is 2. The summed E-state index contributed by atoms with van der Waals surface area (Å²) in [5, 5.41) is 5.48. The molecular weight excluding hydrogens is 256 g/mol. The highest BCUT2D eigenvalue weighted by atomic mass is 32.1. The van der Waals surface area contributed by atoms with E-state index in [4.69, 9.17) is 0 Å². The van der Waals surface area contributed by atoms with Crippen molar-refractivity contribution in [3.8, 4) is 0 Å². The number of thiophene rings is 1. The highest BCUT2D eigenvalue weighted by Gasteiger charge is 2.39. The van der Waals surface area contributed by atoms with Crippen LogP contribution in [0.4, 0.5) is 0 Å². The maximum absolute atomic E-state index is 12.3. The van der Waals surface area contributed by atoms with Gasteiger partial charge >= 0.3 is 0 Å². The van der Waals surface area contributed by atoms with Gasteiger partial charge in [0.25, 0.3) is 0 Å². The van der Waals surface area contributed by atoms with Crippen LogP contribution in [0.1, 0.15) is 50.1 Å². The molecule has 1 saturated carbocycles. The lowest BCUT2D eigenvalue weighted by atomic mass is 9.95. The van der Waals surface area contributed by atoms with Crippen molar-refractivity contribution in [2.45, 2.75) is 51.2 Å². The smallest absolute Gasteiger partial charge is 0.238 e. The van der Waals surface area contributed by atoms with Crippen LogP contribution in [0.15, 0.2) is 17.5 Å². The summed E-state index contributed by atoms with van der Waals surface area (Å²) in [5.41, 5.74) is 0. The van der Waals surface area contributed by atoms with Gasteiger partial charge in [0, 0.05) is 10.9 Å². The molecule has 3 atom stereocenters. The van der Waals surface area contributed by atoms with Crippen LogP contribution in [0.25, 0.3) is 0 Å². The first-order chi connectivity index (χ1) is 9.27. The summed E-state index contributed by atoms with van der Waals surface area (Å²) in [6.45, 7) is 2.80. The second-order valence-electron chi connectivity index (χ2n) is 5.78. The van der Waals surface area contributed by atoms with Gasteiger partial charge in [0.15, 0.2) is 0 Å². The summed E-state index contributed by atoms with van der Waals surface area (Å²) in [7, 11) is 0. The molecule has 1 aliphatic carbocycles. The molecular formula is C15H22N2OS. The molecule has 1 aromatic heterocycles. The van der Waals surface area contributed by atoms with Crippen molar-refractivity contribution in [2.75, 3.05) is 6.54 Å². The minimum absolute atomic E-state index is 0.109. The lowest BCUT2D eigenvalue weighted by Gasteiger charge is -2.35. The summed E-state index contributed by atoms with van der Waals surface area (Å²) < 4.78 is 0. The van der Waals surface area contributed by atoms with E-state index < -0.39 is 0 Å². The number of carbonyl (C=O) groups excluding carboxylic acids is 1. The standard InChI is InChI=1S/C15H22N2OS/c1-11-6-3-2-4-7-12(11)17-14(18)10-16-15(17)13-8-5-9-19-13/h5,8-9,11-12,15-16H,2-4,6-7,10H2,1H3. The third kappa shape index (κ3) is 2.56. The minimum Gasteiger partial charge on any atom is -0.318 e. The summed E-state index contributed by atoms with van der Waals surface area (Å²) in [6, 6.07) is 4.62. The van der Waals surface area contributed by atoms with Gasteiger partial charge in [-0.2, -0.15) is 0 Å². The molecule has 3 rings (SSSR count). The Morgan fingerprint density at radius 2 is 2.16 bits per heavy atom. The van der Waals surface area contributed by atoms with Crippen LogP contribution in [0.2, 0.25) is 0 Å². The molecule has 0 aromatic carbocycles. The van der Waals surface area contributed by atoms with E-state index in [2.05, 4.69) is 34.7 Å². The van der Waals surface area contributed by atoms with Crippen LogP contribution in [-0.4, -0.2) is 23.4 Å². The first-order valence-corrected chi connectivity index (χ1v) is 8.23. The topological polar surface area (TPSA) is 32.3 Å². The van der Waals surface area contributed by atoms with Crippen LogP contribution in [0, 0.1) is 5.92 Å². The second kappa shape index (κ2) is 5.63. The molecule has 104 valence electrons. The zero-order valence-electron chi connectivity index (χ0n) is 11.5. The van der Waals surface area contributed by atoms with Crippen molar-refractivity contribution in [1.82, 2.24) is 10.2 Å². The first kappa shape index (κ1) is 13.1. The number of hydrogen-bond donors (Lipinski definition) is 1. The zero-order chi connectivity index (χ0) is 13.2. The first-order valence-electron chi connectivity index (χ1n) is 7.35. The Morgan fingerprint density at radius 1 is 1.32 bits per heavy atom. The Bertz CT molecular complexity index is 431. The summed E-state index contributed by atoms with van der Waals surface area (Å²) in [6.07, 6.45) is 6.42. The van der Waals surface area contributed by atoms with E-state index in [1.807, 2.05) is 0 Å². The molecule has 1 aliphatic heterocycles.